The number of carbonyl (C=O) groups excluding carboxylic acids is 1. The van der Waals surface area contributed by atoms with E-state index < -0.39 is 0 Å². The summed E-state index contributed by atoms with van der Waals surface area (Å²) in [5, 5.41) is 8.18. The summed E-state index contributed by atoms with van der Waals surface area (Å²) in [7, 11) is 0. The standard InChI is InChI=1S/C19H26N2O/c1-3-5-9-15(4-2)14-20-19(22)21-18-13-8-11-16-10-6-7-12-17(16)18/h6-8,10-13,15H,3-5,9,14H2,1-2H3,(H2,20,21,22)/t15-/m1/s1. The number of amides is 2. The SMILES string of the molecule is CCCC[C@@H](CC)CNC(=O)Nc1cccc2ccccc12. The van der Waals surface area contributed by atoms with E-state index in [1.54, 1.807) is 0 Å². The zero-order valence-electron chi connectivity index (χ0n) is 13.6. The van der Waals surface area contributed by atoms with Gasteiger partial charge in [0.2, 0.25) is 0 Å². The van der Waals surface area contributed by atoms with Crippen LogP contribution in [0.25, 0.3) is 10.8 Å². The zero-order valence-corrected chi connectivity index (χ0v) is 13.6. The van der Waals surface area contributed by atoms with Gasteiger partial charge in [-0.2, -0.15) is 0 Å². The number of carbonyl (C=O) groups is 1. The Labute approximate surface area is 133 Å². The van der Waals surface area contributed by atoms with Gasteiger partial charge in [-0.1, -0.05) is 69.5 Å². The van der Waals surface area contributed by atoms with Crippen LogP contribution in [0, 0.1) is 5.92 Å². The van der Waals surface area contributed by atoms with Crippen molar-refractivity contribution in [2.24, 2.45) is 5.92 Å². The van der Waals surface area contributed by atoms with E-state index >= 15 is 0 Å². The van der Waals surface area contributed by atoms with Gasteiger partial charge in [-0.05, 0) is 23.8 Å². The largest absolute Gasteiger partial charge is 0.338 e. The summed E-state index contributed by atoms with van der Waals surface area (Å²) in [5.74, 6) is 0.568. The molecule has 0 aromatic heterocycles. The fourth-order valence-electron chi connectivity index (χ4n) is 2.68. The van der Waals surface area contributed by atoms with Gasteiger partial charge in [0, 0.05) is 11.9 Å². The van der Waals surface area contributed by atoms with Crippen LogP contribution in [-0.2, 0) is 0 Å². The van der Waals surface area contributed by atoms with Gasteiger partial charge >= 0.3 is 6.03 Å². The van der Waals surface area contributed by atoms with E-state index in [-0.39, 0.29) is 6.03 Å². The highest BCUT2D eigenvalue weighted by atomic mass is 16.2. The minimum Gasteiger partial charge on any atom is -0.338 e. The van der Waals surface area contributed by atoms with Crippen molar-refractivity contribution in [2.75, 3.05) is 11.9 Å². The molecule has 0 aliphatic heterocycles. The molecule has 3 heteroatoms. The molecule has 2 amide bonds. The highest BCUT2D eigenvalue weighted by Gasteiger charge is 2.09. The number of urea groups is 1. The normalized spacial score (nSPS) is 12.1. The summed E-state index contributed by atoms with van der Waals surface area (Å²) in [4.78, 5) is 12.1. The first-order chi connectivity index (χ1) is 10.7. The molecular weight excluding hydrogens is 272 g/mol. The van der Waals surface area contributed by atoms with E-state index in [0.29, 0.717) is 5.92 Å². The first kappa shape index (κ1) is 16.3. The Morgan fingerprint density at radius 2 is 1.86 bits per heavy atom. The van der Waals surface area contributed by atoms with Crippen LogP contribution in [0.1, 0.15) is 39.5 Å². The number of fused-ring (bicyclic) bond motifs is 1. The molecule has 0 saturated carbocycles. The lowest BCUT2D eigenvalue weighted by atomic mass is 9.99. The Morgan fingerprint density at radius 1 is 1.09 bits per heavy atom. The quantitative estimate of drug-likeness (QED) is 0.726. The predicted molar refractivity (Wildman–Crippen MR) is 94.3 cm³/mol. The third-order valence-corrected chi connectivity index (χ3v) is 4.13. The van der Waals surface area contributed by atoms with E-state index in [2.05, 4.69) is 36.6 Å². The van der Waals surface area contributed by atoms with Crippen LogP contribution in [0.15, 0.2) is 42.5 Å². The topological polar surface area (TPSA) is 41.1 Å². The maximum Gasteiger partial charge on any atom is 0.319 e. The number of benzene rings is 2. The molecule has 2 rings (SSSR count). The molecule has 0 heterocycles. The lowest BCUT2D eigenvalue weighted by molar-refractivity contribution is 0.249. The van der Waals surface area contributed by atoms with Gasteiger partial charge < -0.3 is 10.6 Å². The highest BCUT2D eigenvalue weighted by molar-refractivity contribution is 6.01. The van der Waals surface area contributed by atoms with Crippen molar-refractivity contribution in [3.05, 3.63) is 42.5 Å². The number of hydrogen-bond acceptors (Lipinski definition) is 1. The molecule has 0 unspecified atom stereocenters. The molecule has 0 bridgehead atoms. The van der Waals surface area contributed by atoms with Crippen LogP contribution >= 0.6 is 0 Å². The molecule has 2 aromatic carbocycles. The van der Waals surface area contributed by atoms with E-state index in [0.717, 1.165) is 29.4 Å². The molecule has 0 spiro atoms. The maximum absolute atomic E-state index is 12.1. The molecule has 1 atom stereocenters. The third kappa shape index (κ3) is 4.48. The van der Waals surface area contributed by atoms with E-state index in [9.17, 15) is 4.79 Å². The summed E-state index contributed by atoms with van der Waals surface area (Å²) in [6.45, 7) is 5.13. The first-order valence-corrected chi connectivity index (χ1v) is 8.27. The van der Waals surface area contributed by atoms with Crippen LogP contribution < -0.4 is 10.6 Å². The molecule has 22 heavy (non-hydrogen) atoms. The summed E-state index contributed by atoms with van der Waals surface area (Å²) >= 11 is 0. The Bertz CT molecular complexity index is 604. The lowest BCUT2D eigenvalue weighted by Crippen LogP contribution is -2.33. The predicted octanol–water partition coefficient (Wildman–Crippen LogP) is 5.18. The minimum atomic E-state index is -0.119. The zero-order chi connectivity index (χ0) is 15.8. The molecule has 0 radical (unpaired) electrons. The van der Waals surface area contributed by atoms with Crippen molar-refractivity contribution in [1.29, 1.82) is 0 Å². The van der Waals surface area contributed by atoms with E-state index in [1.165, 1.54) is 19.3 Å². The Balaban J connectivity index is 1.93. The fraction of sp³-hybridized carbons (Fsp3) is 0.421. The van der Waals surface area contributed by atoms with Crippen molar-refractivity contribution >= 4 is 22.5 Å². The fourth-order valence-corrected chi connectivity index (χ4v) is 2.68. The molecule has 0 saturated heterocycles. The highest BCUT2D eigenvalue weighted by Crippen LogP contribution is 2.22. The van der Waals surface area contributed by atoms with Crippen molar-refractivity contribution < 1.29 is 4.79 Å². The van der Waals surface area contributed by atoms with Gasteiger partial charge in [0.15, 0.2) is 0 Å². The van der Waals surface area contributed by atoms with Crippen molar-refractivity contribution in [3.8, 4) is 0 Å². The molecule has 2 aromatic rings. The number of hydrogen-bond donors (Lipinski definition) is 2. The number of anilines is 1. The van der Waals surface area contributed by atoms with E-state index in [1.807, 2.05) is 30.3 Å². The van der Waals surface area contributed by atoms with Crippen molar-refractivity contribution in [2.45, 2.75) is 39.5 Å². The molecule has 118 valence electrons. The van der Waals surface area contributed by atoms with Crippen LogP contribution in [0.2, 0.25) is 0 Å². The minimum absolute atomic E-state index is 0.119. The molecule has 0 aliphatic carbocycles. The van der Waals surface area contributed by atoms with Gasteiger partial charge in [0.1, 0.15) is 0 Å². The summed E-state index contributed by atoms with van der Waals surface area (Å²) in [6.07, 6.45) is 4.72. The van der Waals surface area contributed by atoms with Crippen LogP contribution in [-0.4, -0.2) is 12.6 Å². The first-order valence-electron chi connectivity index (χ1n) is 8.27. The van der Waals surface area contributed by atoms with E-state index in [4.69, 9.17) is 0 Å². The number of nitrogens with one attached hydrogen (secondary N) is 2. The monoisotopic (exact) mass is 298 g/mol. The molecule has 0 aliphatic rings. The lowest BCUT2D eigenvalue weighted by Gasteiger charge is -2.16. The second kappa shape index (κ2) is 8.42. The molecular formula is C19H26N2O. The van der Waals surface area contributed by atoms with Crippen LogP contribution in [0.4, 0.5) is 10.5 Å². The Morgan fingerprint density at radius 3 is 2.64 bits per heavy atom. The van der Waals surface area contributed by atoms with Gasteiger partial charge in [-0.3, -0.25) is 0 Å². The summed E-state index contributed by atoms with van der Waals surface area (Å²) in [6, 6.07) is 13.9. The Kier molecular flexibility index (Phi) is 6.26. The molecule has 0 fully saturated rings. The maximum atomic E-state index is 12.1. The molecule has 3 nitrogen and oxygen atoms in total. The second-order valence-electron chi connectivity index (χ2n) is 5.78. The van der Waals surface area contributed by atoms with Crippen LogP contribution in [0.3, 0.4) is 0 Å². The number of unbranched alkanes of at least 4 members (excludes halogenated alkanes) is 1. The van der Waals surface area contributed by atoms with Gasteiger partial charge in [0.25, 0.3) is 0 Å². The average Bonchev–Trinajstić information content (AvgIpc) is 2.55. The van der Waals surface area contributed by atoms with Gasteiger partial charge in [0.05, 0.1) is 5.69 Å². The number of rotatable bonds is 7. The van der Waals surface area contributed by atoms with Crippen LogP contribution in [0.5, 0.6) is 0 Å². The average molecular weight is 298 g/mol. The Hall–Kier alpha value is -2.03. The molecule has 2 N–H and O–H groups in total. The van der Waals surface area contributed by atoms with Gasteiger partial charge in [-0.25, -0.2) is 4.79 Å². The van der Waals surface area contributed by atoms with Crippen molar-refractivity contribution in [1.82, 2.24) is 5.32 Å². The summed E-state index contributed by atoms with van der Waals surface area (Å²) in [5.41, 5.74) is 0.859. The second-order valence-corrected chi connectivity index (χ2v) is 5.78. The van der Waals surface area contributed by atoms with Gasteiger partial charge in [-0.15, -0.1) is 0 Å². The smallest absolute Gasteiger partial charge is 0.319 e. The summed E-state index contributed by atoms with van der Waals surface area (Å²) < 4.78 is 0. The third-order valence-electron chi connectivity index (χ3n) is 4.13. The van der Waals surface area contributed by atoms with Crippen molar-refractivity contribution in [3.63, 3.8) is 0 Å².